The van der Waals surface area contributed by atoms with Gasteiger partial charge < -0.3 is 5.11 Å². The lowest BCUT2D eigenvalue weighted by Crippen LogP contribution is -2.53. The number of nitrogens with two attached hydrogens (primary N) is 1. The Hall–Kier alpha value is -1.39. The third-order valence-corrected chi connectivity index (χ3v) is 2.89. The number of aliphatic hydroxyl groups excluding tert-OH is 1. The van der Waals surface area contributed by atoms with Gasteiger partial charge >= 0.3 is 0 Å². The van der Waals surface area contributed by atoms with Gasteiger partial charge in [-0.15, -0.1) is 12.4 Å². The van der Waals surface area contributed by atoms with Crippen molar-refractivity contribution < 1.29 is 5.11 Å². The molecule has 18 heavy (non-hydrogen) atoms. The monoisotopic (exact) mass is 265 g/mol. The fourth-order valence-corrected chi connectivity index (χ4v) is 1.95. The maximum atomic E-state index is 9.23. The third-order valence-electron chi connectivity index (χ3n) is 2.89. The summed E-state index contributed by atoms with van der Waals surface area (Å²) in [6, 6.07) is 19.6. The van der Waals surface area contributed by atoms with E-state index in [-0.39, 0.29) is 23.6 Å². The number of hydrogen-bond acceptors (Lipinski definition) is 2. The van der Waals surface area contributed by atoms with Crippen LogP contribution in [-0.4, -0.2) is 18.3 Å². The van der Waals surface area contributed by atoms with Crippen LogP contribution in [0.15, 0.2) is 60.7 Å². The van der Waals surface area contributed by atoms with E-state index in [1.807, 2.05) is 60.7 Å². The van der Waals surface area contributed by atoms with Gasteiger partial charge in [-0.25, -0.2) is 0 Å². The van der Waals surface area contributed by atoms with Crippen LogP contribution in [0.3, 0.4) is 0 Å². The third kappa shape index (κ3) is 2.89. The molecule has 0 saturated heterocycles. The number of rotatable bonds is 4. The minimum atomic E-state index is 0. The van der Waals surface area contributed by atoms with Crippen molar-refractivity contribution in [1.29, 1.82) is 0 Å². The number of halogens is 1. The summed E-state index contributed by atoms with van der Waals surface area (Å²) in [4.78, 5) is 0. The molecule has 4 heteroatoms. The van der Waals surface area contributed by atoms with E-state index in [0.717, 1.165) is 11.4 Å². The summed E-state index contributed by atoms with van der Waals surface area (Å²) in [5.74, 6) is 6.43. The average molecular weight is 266 g/mol. The standard InChI is InChI=1S/C14H17N2O.ClH/c15-16(11-12-17,13-7-3-1-4-8-13)14-9-5-2-6-10-14;/h1-10,17H,11-12,15H2;1H/q+1;. The Labute approximate surface area is 113 Å². The highest BCUT2D eigenvalue weighted by Crippen LogP contribution is 2.29. The lowest BCUT2D eigenvalue weighted by Gasteiger charge is -2.31. The van der Waals surface area contributed by atoms with E-state index in [9.17, 15) is 5.11 Å². The molecule has 2 aromatic rings. The lowest BCUT2D eigenvalue weighted by atomic mass is 10.2. The molecule has 3 N–H and O–H groups in total. The molecule has 0 saturated carbocycles. The molecule has 0 aliphatic rings. The molecule has 2 rings (SSSR count). The normalized spacial score (nSPS) is 10.8. The molecular weight excluding hydrogens is 248 g/mol. The number of aliphatic hydroxyl groups is 1. The van der Waals surface area contributed by atoms with E-state index in [0.29, 0.717) is 6.54 Å². The summed E-state index contributed by atoms with van der Waals surface area (Å²) in [7, 11) is 0. The quantitative estimate of drug-likeness (QED) is 0.507. The van der Waals surface area contributed by atoms with Crippen molar-refractivity contribution in [3.63, 3.8) is 0 Å². The highest BCUT2D eigenvalue weighted by molar-refractivity contribution is 5.85. The van der Waals surface area contributed by atoms with Gasteiger partial charge in [-0.3, -0.25) is 0 Å². The summed E-state index contributed by atoms with van der Waals surface area (Å²) in [6.07, 6.45) is 0. The molecule has 0 fully saturated rings. The Morgan fingerprint density at radius 2 is 1.22 bits per heavy atom. The Morgan fingerprint density at radius 3 is 1.56 bits per heavy atom. The first-order valence-electron chi connectivity index (χ1n) is 5.66. The largest absolute Gasteiger partial charge is 0.390 e. The molecule has 0 amide bonds. The van der Waals surface area contributed by atoms with Crippen molar-refractivity contribution in [1.82, 2.24) is 4.59 Å². The van der Waals surface area contributed by atoms with Crippen LogP contribution in [-0.2, 0) is 0 Å². The summed E-state index contributed by atoms with van der Waals surface area (Å²) in [5, 5.41) is 9.23. The molecule has 0 aliphatic heterocycles. The highest BCUT2D eigenvalue weighted by Gasteiger charge is 2.28. The minimum absolute atomic E-state index is 0. The molecule has 96 valence electrons. The van der Waals surface area contributed by atoms with Crippen molar-refractivity contribution in [2.24, 2.45) is 5.84 Å². The summed E-state index contributed by atoms with van der Waals surface area (Å²) in [6.45, 7) is 0.494. The van der Waals surface area contributed by atoms with Crippen molar-refractivity contribution in [3.8, 4) is 0 Å². The molecular formula is C14H18ClN2O+. The zero-order chi connectivity index (χ0) is 12.1. The fraction of sp³-hybridized carbons (Fsp3) is 0.143. The van der Waals surface area contributed by atoms with Gasteiger partial charge in [0.2, 0.25) is 0 Å². The second-order valence-corrected chi connectivity index (χ2v) is 3.99. The van der Waals surface area contributed by atoms with Gasteiger partial charge in [-0.1, -0.05) is 36.4 Å². The Morgan fingerprint density at radius 1 is 0.833 bits per heavy atom. The van der Waals surface area contributed by atoms with Crippen LogP contribution in [0.25, 0.3) is 0 Å². The Bertz CT molecular complexity index is 422. The zero-order valence-corrected chi connectivity index (χ0v) is 10.9. The molecule has 0 aromatic heterocycles. The molecule has 2 aromatic carbocycles. The second-order valence-electron chi connectivity index (χ2n) is 3.99. The number of nitrogens with zero attached hydrogens (tertiary/aromatic N) is 1. The van der Waals surface area contributed by atoms with E-state index in [4.69, 9.17) is 5.84 Å². The first-order valence-corrected chi connectivity index (χ1v) is 5.66. The van der Waals surface area contributed by atoms with E-state index in [2.05, 4.69) is 0 Å². The topological polar surface area (TPSA) is 46.2 Å². The first kappa shape index (κ1) is 14.7. The van der Waals surface area contributed by atoms with Crippen molar-refractivity contribution in [2.75, 3.05) is 13.2 Å². The summed E-state index contributed by atoms with van der Waals surface area (Å²) in [5.41, 5.74) is 1.93. The number of quaternary nitrogens is 1. The van der Waals surface area contributed by atoms with Crippen LogP contribution in [0.2, 0.25) is 0 Å². The average Bonchev–Trinajstić information content (AvgIpc) is 2.41. The minimum Gasteiger partial charge on any atom is -0.390 e. The maximum Gasteiger partial charge on any atom is 0.157 e. The molecule has 0 radical (unpaired) electrons. The molecule has 0 aliphatic carbocycles. The predicted octanol–water partition coefficient (Wildman–Crippen LogP) is 2.61. The van der Waals surface area contributed by atoms with Gasteiger partial charge in [-0.2, -0.15) is 10.4 Å². The van der Waals surface area contributed by atoms with Crippen LogP contribution in [0.4, 0.5) is 11.4 Å². The summed E-state index contributed by atoms with van der Waals surface area (Å²) >= 11 is 0. The number of hydrogen-bond donors (Lipinski definition) is 2. The summed E-state index contributed by atoms with van der Waals surface area (Å²) < 4.78 is 0.123. The first-order chi connectivity index (χ1) is 8.27. The zero-order valence-electron chi connectivity index (χ0n) is 10.1. The van der Waals surface area contributed by atoms with Crippen molar-refractivity contribution >= 4 is 23.8 Å². The van der Waals surface area contributed by atoms with Gasteiger partial charge in [0.25, 0.3) is 0 Å². The second kappa shape index (κ2) is 6.52. The number of benzene rings is 2. The van der Waals surface area contributed by atoms with Gasteiger partial charge in [0, 0.05) is 24.3 Å². The maximum absolute atomic E-state index is 9.23. The molecule has 3 nitrogen and oxygen atoms in total. The van der Waals surface area contributed by atoms with E-state index in [1.165, 1.54) is 0 Å². The van der Waals surface area contributed by atoms with Crippen LogP contribution >= 0.6 is 12.4 Å². The molecule has 0 spiro atoms. The molecule has 0 unspecified atom stereocenters. The van der Waals surface area contributed by atoms with Crippen LogP contribution < -0.4 is 10.4 Å². The predicted molar refractivity (Wildman–Crippen MR) is 77.7 cm³/mol. The molecule has 0 heterocycles. The van der Waals surface area contributed by atoms with Crippen LogP contribution in [0.1, 0.15) is 0 Å². The van der Waals surface area contributed by atoms with Gasteiger partial charge in [-0.05, 0) is 0 Å². The Balaban J connectivity index is 0.00000162. The smallest absolute Gasteiger partial charge is 0.157 e. The van der Waals surface area contributed by atoms with Crippen LogP contribution in [0, 0.1) is 0 Å². The van der Waals surface area contributed by atoms with E-state index >= 15 is 0 Å². The van der Waals surface area contributed by atoms with Crippen LogP contribution in [0.5, 0.6) is 0 Å². The number of para-hydroxylation sites is 2. The lowest BCUT2D eigenvalue weighted by molar-refractivity contribution is 0.243. The van der Waals surface area contributed by atoms with E-state index < -0.39 is 0 Å². The molecule has 0 atom stereocenters. The van der Waals surface area contributed by atoms with Gasteiger partial charge in [0.1, 0.15) is 6.54 Å². The van der Waals surface area contributed by atoms with E-state index in [1.54, 1.807) is 0 Å². The molecule has 0 bridgehead atoms. The van der Waals surface area contributed by atoms with Crippen molar-refractivity contribution in [2.45, 2.75) is 0 Å². The van der Waals surface area contributed by atoms with Crippen molar-refractivity contribution in [3.05, 3.63) is 60.7 Å². The Kier molecular flexibility index (Phi) is 5.31. The highest BCUT2D eigenvalue weighted by atomic mass is 35.5. The van der Waals surface area contributed by atoms with Gasteiger partial charge in [0.05, 0.1) is 6.61 Å². The SMILES string of the molecule is Cl.N[N+](CCO)(c1ccccc1)c1ccccc1. The van der Waals surface area contributed by atoms with Gasteiger partial charge in [0.15, 0.2) is 11.4 Å². The fourth-order valence-electron chi connectivity index (χ4n) is 1.95.